The second-order valence-electron chi connectivity index (χ2n) is 5.18. The van der Waals surface area contributed by atoms with E-state index in [1.165, 1.54) is 32.8 Å². The highest BCUT2D eigenvalue weighted by Crippen LogP contribution is 2.54. The molecule has 18 heavy (non-hydrogen) atoms. The zero-order chi connectivity index (χ0) is 13.2. The van der Waals surface area contributed by atoms with Gasteiger partial charge in [-0.1, -0.05) is 41.8 Å². The average Bonchev–Trinajstić information content (AvgIpc) is 2.87. The Kier molecular flexibility index (Phi) is 4.31. The Labute approximate surface area is 117 Å². The normalized spacial score (nSPS) is 19.8. The monoisotopic (exact) mass is 314 g/mol. The van der Waals surface area contributed by atoms with Gasteiger partial charge >= 0.3 is 0 Å². The lowest BCUT2D eigenvalue weighted by molar-refractivity contribution is 0.278. The molecule has 1 saturated carbocycles. The highest BCUT2D eigenvalue weighted by atomic mass is 79.9. The van der Waals surface area contributed by atoms with Crippen LogP contribution in [0.15, 0.2) is 18.2 Å². The van der Waals surface area contributed by atoms with Crippen molar-refractivity contribution in [3.8, 4) is 5.75 Å². The molecule has 0 amide bonds. The van der Waals surface area contributed by atoms with Crippen LogP contribution in [-0.4, -0.2) is 7.11 Å². The summed E-state index contributed by atoms with van der Waals surface area (Å²) in [5, 5.41) is 0. The van der Waals surface area contributed by atoms with Crippen LogP contribution in [-0.2, 0) is 0 Å². The van der Waals surface area contributed by atoms with E-state index in [1.807, 2.05) is 6.07 Å². The van der Waals surface area contributed by atoms with Gasteiger partial charge < -0.3 is 4.74 Å². The van der Waals surface area contributed by atoms with E-state index in [4.69, 9.17) is 4.74 Å². The fourth-order valence-corrected chi connectivity index (χ4v) is 4.13. The molecule has 0 aliphatic heterocycles. The zero-order valence-corrected chi connectivity index (χ0v) is 12.6. The summed E-state index contributed by atoms with van der Waals surface area (Å²) in [7, 11) is 1.49. The SMILES string of the molecule is CCC1(C(Br)c2ccc(OC)c(F)c2)CCCC1. The highest BCUT2D eigenvalue weighted by molar-refractivity contribution is 9.09. The summed E-state index contributed by atoms with van der Waals surface area (Å²) in [5.74, 6) is 0.0409. The van der Waals surface area contributed by atoms with Gasteiger partial charge in [0.2, 0.25) is 0 Å². The molecule has 1 nitrogen and oxygen atoms in total. The molecule has 3 heteroatoms. The van der Waals surface area contributed by atoms with E-state index in [1.54, 1.807) is 12.1 Å². The molecule has 0 N–H and O–H groups in total. The molecule has 0 radical (unpaired) electrons. The van der Waals surface area contributed by atoms with Crippen molar-refractivity contribution in [3.05, 3.63) is 29.6 Å². The van der Waals surface area contributed by atoms with Crippen molar-refractivity contribution in [2.75, 3.05) is 7.11 Å². The summed E-state index contributed by atoms with van der Waals surface area (Å²) in [6, 6.07) is 5.29. The maximum atomic E-state index is 13.8. The lowest BCUT2D eigenvalue weighted by atomic mass is 9.77. The third-order valence-corrected chi connectivity index (χ3v) is 5.81. The minimum absolute atomic E-state index is 0.234. The van der Waals surface area contributed by atoms with Crippen LogP contribution in [0.2, 0.25) is 0 Å². The van der Waals surface area contributed by atoms with E-state index >= 15 is 0 Å². The first kappa shape index (κ1) is 13.9. The summed E-state index contributed by atoms with van der Waals surface area (Å²) in [4.78, 5) is 0.234. The second kappa shape index (κ2) is 5.60. The molecule has 2 rings (SSSR count). The molecule has 1 unspecified atom stereocenters. The number of rotatable bonds is 4. The number of hydrogen-bond acceptors (Lipinski definition) is 1. The maximum absolute atomic E-state index is 13.8. The van der Waals surface area contributed by atoms with Gasteiger partial charge in [0.05, 0.1) is 7.11 Å². The molecule has 0 aromatic heterocycles. The Morgan fingerprint density at radius 3 is 2.56 bits per heavy atom. The van der Waals surface area contributed by atoms with Gasteiger partial charge in [0.25, 0.3) is 0 Å². The summed E-state index contributed by atoms with van der Waals surface area (Å²) in [5.41, 5.74) is 1.32. The van der Waals surface area contributed by atoms with E-state index < -0.39 is 0 Å². The second-order valence-corrected chi connectivity index (χ2v) is 6.10. The average molecular weight is 315 g/mol. The molecule has 1 aliphatic carbocycles. The van der Waals surface area contributed by atoms with Crippen molar-refractivity contribution in [1.82, 2.24) is 0 Å². The Morgan fingerprint density at radius 1 is 1.39 bits per heavy atom. The number of alkyl halides is 1. The molecule has 1 aromatic rings. The van der Waals surface area contributed by atoms with Gasteiger partial charge in [-0.2, -0.15) is 0 Å². The van der Waals surface area contributed by atoms with Gasteiger partial charge in [-0.05, 0) is 42.4 Å². The fraction of sp³-hybridized carbons (Fsp3) is 0.600. The van der Waals surface area contributed by atoms with E-state index in [-0.39, 0.29) is 10.6 Å². The Morgan fingerprint density at radius 2 is 2.06 bits per heavy atom. The lowest BCUT2D eigenvalue weighted by Gasteiger charge is -2.33. The zero-order valence-electron chi connectivity index (χ0n) is 11.0. The molecular formula is C15H20BrFO. The quantitative estimate of drug-likeness (QED) is 0.690. The maximum Gasteiger partial charge on any atom is 0.165 e. The van der Waals surface area contributed by atoms with Crippen molar-refractivity contribution >= 4 is 15.9 Å². The molecule has 1 aromatic carbocycles. The van der Waals surface area contributed by atoms with Crippen molar-refractivity contribution in [2.24, 2.45) is 5.41 Å². The highest BCUT2D eigenvalue weighted by Gasteiger charge is 2.39. The molecule has 100 valence electrons. The Hall–Kier alpha value is -0.570. The molecule has 1 aliphatic rings. The number of ether oxygens (including phenoxy) is 1. The lowest BCUT2D eigenvalue weighted by Crippen LogP contribution is -2.21. The minimum Gasteiger partial charge on any atom is -0.494 e. The standard InChI is InChI=1S/C15H20BrFO/c1-3-15(8-4-5-9-15)14(16)11-6-7-13(18-2)12(17)10-11/h6-7,10,14H,3-5,8-9H2,1-2H3. The molecule has 0 bridgehead atoms. The van der Waals surface area contributed by atoms with Crippen LogP contribution in [0, 0.1) is 11.2 Å². The van der Waals surface area contributed by atoms with Crippen molar-refractivity contribution in [3.63, 3.8) is 0 Å². The minimum atomic E-state index is -0.274. The largest absolute Gasteiger partial charge is 0.494 e. The number of methoxy groups -OCH3 is 1. The smallest absolute Gasteiger partial charge is 0.165 e. The van der Waals surface area contributed by atoms with Gasteiger partial charge in [-0.15, -0.1) is 0 Å². The summed E-state index contributed by atoms with van der Waals surface area (Å²) in [6.07, 6.45) is 6.17. The molecule has 0 heterocycles. The van der Waals surface area contributed by atoms with Crippen LogP contribution in [0.4, 0.5) is 4.39 Å². The van der Waals surface area contributed by atoms with Crippen LogP contribution < -0.4 is 4.74 Å². The third-order valence-electron chi connectivity index (χ3n) is 4.31. The molecule has 0 saturated heterocycles. The van der Waals surface area contributed by atoms with Gasteiger partial charge in [0, 0.05) is 4.83 Å². The van der Waals surface area contributed by atoms with E-state index in [0.29, 0.717) is 11.2 Å². The Bertz CT molecular complexity index is 413. The van der Waals surface area contributed by atoms with Crippen molar-refractivity contribution < 1.29 is 9.13 Å². The van der Waals surface area contributed by atoms with Crippen LogP contribution in [0.5, 0.6) is 5.75 Å². The number of halogens is 2. The van der Waals surface area contributed by atoms with Crippen LogP contribution in [0.25, 0.3) is 0 Å². The topological polar surface area (TPSA) is 9.23 Å². The van der Waals surface area contributed by atoms with Gasteiger partial charge in [-0.25, -0.2) is 4.39 Å². The van der Waals surface area contributed by atoms with E-state index in [0.717, 1.165) is 12.0 Å². The van der Waals surface area contributed by atoms with Gasteiger partial charge in [0.1, 0.15) is 0 Å². The van der Waals surface area contributed by atoms with Crippen LogP contribution in [0.3, 0.4) is 0 Å². The number of hydrogen-bond donors (Lipinski definition) is 0. The predicted octanol–water partition coefficient (Wildman–Crippen LogP) is 5.24. The van der Waals surface area contributed by atoms with Gasteiger partial charge in [0.15, 0.2) is 11.6 Å². The van der Waals surface area contributed by atoms with Crippen LogP contribution in [0.1, 0.15) is 49.4 Å². The third kappa shape index (κ3) is 2.42. The van der Waals surface area contributed by atoms with Crippen molar-refractivity contribution in [2.45, 2.75) is 43.9 Å². The van der Waals surface area contributed by atoms with Gasteiger partial charge in [-0.3, -0.25) is 0 Å². The summed E-state index contributed by atoms with van der Waals surface area (Å²) < 4.78 is 18.7. The number of benzene rings is 1. The fourth-order valence-electron chi connectivity index (χ4n) is 3.06. The molecule has 1 fully saturated rings. The van der Waals surface area contributed by atoms with E-state index in [9.17, 15) is 4.39 Å². The predicted molar refractivity (Wildman–Crippen MR) is 75.8 cm³/mol. The Balaban J connectivity index is 2.27. The summed E-state index contributed by atoms with van der Waals surface area (Å²) in [6.45, 7) is 2.24. The first-order chi connectivity index (χ1) is 8.63. The summed E-state index contributed by atoms with van der Waals surface area (Å²) >= 11 is 3.80. The molecule has 0 spiro atoms. The first-order valence-corrected chi connectivity index (χ1v) is 7.52. The molecule has 1 atom stereocenters. The van der Waals surface area contributed by atoms with Crippen LogP contribution >= 0.6 is 15.9 Å². The first-order valence-electron chi connectivity index (χ1n) is 6.60. The van der Waals surface area contributed by atoms with Crippen molar-refractivity contribution in [1.29, 1.82) is 0 Å². The van der Waals surface area contributed by atoms with E-state index in [2.05, 4.69) is 22.9 Å². The molecular weight excluding hydrogens is 295 g/mol.